The third-order valence-corrected chi connectivity index (χ3v) is 3.10. The van der Waals surface area contributed by atoms with Crippen LogP contribution in [0.25, 0.3) is 10.9 Å². The molecule has 1 aliphatic heterocycles. The predicted octanol–water partition coefficient (Wildman–Crippen LogP) is 0.668. The van der Waals surface area contributed by atoms with E-state index in [1.54, 1.807) is 0 Å². The first-order chi connectivity index (χ1) is 7.75. The van der Waals surface area contributed by atoms with Gasteiger partial charge in [-0.05, 0) is 18.1 Å². The first-order valence-corrected chi connectivity index (χ1v) is 5.37. The lowest BCUT2D eigenvalue weighted by Crippen LogP contribution is -2.39. The minimum Gasteiger partial charge on any atom is -0.357 e. The number of aromatic nitrogens is 1. The monoisotopic (exact) mass is 215 g/mol. The van der Waals surface area contributed by atoms with E-state index in [4.69, 9.17) is 5.73 Å². The molecule has 1 atom stereocenters. The van der Waals surface area contributed by atoms with Gasteiger partial charge in [0.15, 0.2) is 0 Å². The highest BCUT2D eigenvalue weighted by molar-refractivity contribution is 5.88. The van der Waals surface area contributed by atoms with Crippen LogP contribution in [0.4, 0.5) is 0 Å². The summed E-state index contributed by atoms with van der Waals surface area (Å²) in [5, 5.41) is 3.99. The maximum Gasteiger partial charge on any atom is 0.237 e. The number of H-pyrrole nitrogens is 1. The minimum atomic E-state index is -0.444. The van der Waals surface area contributed by atoms with Crippen LogP contribution in [-0.2, 0) is 17.8 Å². The number of carbonyl (C=O) groups is 1. The van der Waals surface area contributed by atoms with Crippen molar-refractivity contribution in [2.75, 3.05) is 0 Å². The number of rotatable bonds is 0. The van der Waals surface area contributed by atoms with Gasteiger partial charge in [0.1, 0.15) is 0 Å². The number of benzene rings is 1. The fourth-order valence-electron chi connectivity index (χ4n) is 2.26. The van der Waals surface area contributed by atoms with Crippen molar-refractivity contribution in [1.82, 2.24) is 10.3 Å². The Bertz CT molecular complexity index is 558. The van der Waals surface area contributed by atoms with E-state index in [1.807, 2.05) is 18.2 Å². The van der Waals surface area contributed by atoms with Crippen LogP contribution < -0.4 is 11.1 Å². The molecule has 3 rings (SSSR count). The zero-order valence-electron chi connectivity index (χ0n) is 8.79. The number of para-hydroxylation sites is 1. The second-order valence-corrected chi connectivity index (χ2v) is 4.16. The van der Waals surface area contributed by atoms with E-state index in [0.29, 0.717) is 13.0 Å². The molecule has 2 aromatic rings. The number of fused-ring (bicyclic) bond motifs is 3. The third-order valence-electron chi connectivity index (χ3n) is 3.10. The van der Waals surface area contributed by atoms with Crippen LogP contribution in [0.2, 0.25) is 0 Å². The van der Waals surface area contributed by atoms with Gasteiger partial charge < -0.3 is 16.0 Å². The smallest absolute Gasteiger partial charge is 0.237 e. The van der Waals surface area contributed by atoms with Gasteiger partial charge in [-0.1, -0.05) is 18.2 Å². The Morgan fingerprint density at radius 1 is 1.31 bits per heavy atom. The predicted molar refractivity (Wildman–Crippen MR) is 61.8 cm³/mol. The van der Waals surface area contributed by atoms with E-state index in [1.165, 1.54) is 10.9 Å². The van der Waals surface area contributed by atoms with Crippen molar-refractivity contribution in [3.05, 3.63) is 35.5 Å². The zero-order chi connectivity index (χ0) is 11.1. The number of nitrogens with one attached hydrogen (secondary N) is 2. The van der Waals surface area contributed by atoms with Crippen LogP contribution in [0.15, 0.2) is 24.3 Å². The van der Waals surface area contributed by atoms with E-state index in [2.05, 4.69) is 16.4 Å². The summed E-state index contributed by atoms with van der Waals surface area (Å²) >= 11 is 0. The Labute approximate surface area is 92.8 Å². The molecule has 1 aliphatic rings. The second-order valence-electron chi connectivity index (χ2n) is 4.16. The molecule has 0 saturated heterocycles. The molecule has 0 bridgehead atoms. The summed E-state index contributed by atoms with van der Waals surface area (Å²) in [5.41, 5.74) is 9.16. The summed E-state index contributed by atoms with van der Waals surface area (Å²) in [4.78, 5) is 14.8. The number of carbonyl (C=O) groups excluding carboxylic acids is 1. The molecule has 4 heteroatoms. The molecule has 82 valence electrons. The van der Waals surface area contributed by atoms with Crippen LogP contribution in [0, 0.1) is 0 Å². The van der Waals surface area contributed by atoms with E-state index >= 15 is 0 Å². The molecule has 1 amide bonds. The van der Waals surface area contributed by atoms with Crippen molar-refractivity contribution in [3.8, 4) is 0 Å². The SMILES string of the molecule is N[C@@H]1Cc2c([nH]c3ccccc23)CNC1=O. The van der Waals surface area contributed by atoms with Gasteiger partial charge in [-0.15, -0.1) is 0 Å². The summed E-state index contributed by atoms with van der Waals surface area (Å²) in [6.07, 6.45) is 0.602. The highest BCUT2D eigenvalue weighted by Gasteiger charge is 2.22. The standard InChI is InChI=1S/C12H13N3O/c13-9-5-8-7-3-1-2-4-10(7)15-11(8)6-14-12(9)16/h1-4,9,15H,5-6,13H2,(H,14,16)/t9-/m1/s1. The van der Waals surface area contributed by atoms with Gasteiger partial charge in [-0.2, -0.15) is 0 Å². The van der Waals surface area contributed by atoms with Gasteiger partial charge in [0.2, 0.25) is 5.91 Å². The molecule has 0 unspecified atom stereocenters. The molecule has 0 radical (unpaired) electrons. The molecular formula is C12H13N3O. The van der Waals surface area contributed by atoms with E-state index in [-0.39, 0.29) is 5.91 Å². The lowest BCUT2D eigenvalue weighted by atomic mass is 10.0. The highest BCUT2D eigenvalue weighted by Crippen LogP contribution is 2.24. The molecule has 4 nitrogen and oxygen atoms in total. The quantitative estimate of drug-likeness (QED) is 0.604. The number of hydrogen-bond acceptors (Lipinski definition) is 2. The molecule has 16 heavy (non-hydrogen) atoms. The Morgan fingerprint density at radius 3 is 3.00 bits per heavy atom. The normalized spacial score (nSPS) is 20.3. The van der Waals surface area contributed by atoms with Crippen molar-refractivity contribution in [3.63, 3.8) is 0 Å². The summed E-state index contributed by atoms with van der Waals surface area (Å²) < 4.78 is 0. The molecule has 1 aromatic heterocycles. The average molecular weight is 215 g/mol. The van der Waals surface area contributed by atoms with Crippen LogP contribution in [0.1, 0.15) is 11.3 Å². The summed E-state index contributed by atoms with van der Waals surface area (Å²) in [6.45, 7) is 0.538. The highest BCUT2D eigenvalue weighted by atomic mass is 16.2. The number of aromatic amines is 1. The van der Waals surface area contributed by atoms with E-state index in [9.17, 15) is 4.79 Å². The van der Waals surface area contributed by atoms with Crippen molar-refractivity contribution in [2.24, 2.45) is 5.73 Å². The van der Waals surface area contributed by atoms with Crippen LogP contribution in [0.3, 0.4) is 0 Å². The lowest BCUT2D eigenvalue weighted by molar-refractivity contribution is -0.122. The summed E-state index contributed by atoms with van der Waals surface area (Å²) in [6, 6.07) is 7.66. The third kappa shape index (κ3) is 1.31. The van der Waals surface area contributed by atoms with Gasteiger partial charge in [0, 0.05) is 16.6 Å². The number of hydrogen-bond donors (Lipinski definition) is 3. The Morgan fingerprint density at radius 2 is 2.12 bits per heavy atom. The number of amides is 1. The fourth-order valence-corrected chi connectivity index (χ4v) is 2.26. The first-order valence-electron chi connectivity index (χ1n) is 5.37. The molecule has 0 aliphatic carbocycles. The first kappa shape index (κ1) is 9.42. The number of nitrogens with two attached hydrogens (primary N) is 1. The van der Waals surface area contributed by atoms with E-state index < -0.39 is 6.04 Å². The topological polar surface area (TPSA) is 70.9 Å². The average Bonchev–Trinajstić information content (AvgIpc) is 2.58. The Balaban J connectivity index is 2.18. The molecule has 1 aromatic carbocycles. The molecular weight excluding hydrogens is 202 g/mol. The fraction of sp³-hybridized carbons (Fsp3) is 0.250. The van der Waals surface area contributed by atoms with Crippen molar-refractivity contribution in [1.29, 1.82) is 0 Å². The summed E-state index contributed by atoms with van der Waals surface area (Å²) in [5.74, 6) is -0.0753. The van der Waals surface area contributed by atoms with Gasteiger partial charge >= 0.3 is 0 Å². The molecule has 0 fully saturated rings. The molecule has 0 spiro atoms. The Hall–Kier alpha value is -1.81. The van der Waals surface area contributed by atoms with Crippen LogP contribution >= 0.6 is 0 Å². The van der Waals surface area contributed by atoms with Crippen LogP contribution in [-0.4, -0.2) is 16.9 Å². The molecule has 2 heterocycles. The van der Waals surface area contributed by atoms with Crippen molar-refractivity contribution < 1.29 is 4.79 Å². The lowest BCUT2D eigenvalue weighted by Gasteiger charge is -2.06. The maximum atomic E-state index is 11.5. The van der Waals surface area contributed by atoms with E-state index in [0.717, 1.165) is 11.2 Å². The molecule has 4 N–H and O–H groups in total. The van der Waals surface area contributed by atoms with Gasteiger partial charge in [0.05, 0.1) is 12.6 Å². The van der Waals surface area contributed by atoms with Crippen LogP contribution in [0.5, 0.6) is 0 Å². The minimum absolute atomic E-state index is 0.0753. The maximum absolute atomic E-state index is 11.5. The van der Waals surface area contributed by atoms with Gasteiger partial charge in [-0.25, -0.2) is 0 Å². The van der Waals surface area contributed by atoms with Crippen molar-refractivity contribution in [2.45, 2.75) is 19.0 Å². The van der Waals surface area contributed by atoms with Crippen molar-refractivity contribution >= 4 is 16.8 Å². The van der Waals surface area contributed by atoms with Gasteiger partial charge in [0.25, 0.3) is 0 Å². The second kappa shape index (κ2) is 3.35. The summed E-state index contributed by atoms with van der Waals surface area (Å²) in [7, 11) is 0. The van der Waals surface area contributed by atoms with Gasteiger partial charge in [-0.3, -0.25) is 4.79 Å². The zero-order valence-corrected chi connectivity index (χ0v) is 8.79. The largest absolute Gasteiger partial charge is 0.357 e. The molecule has 0 saturated carbocycles. The Kier molecular flexibility index (Phi) is 1.97.